The predicted molar refractivity (Wildman–Crippen MR) is 97.9 cm³/mol. The van der Waals surface area contributed by atoms with Gasteiger partial charge in [0.15, 0.2) is 10.1 Å². The number of anilines is 1. The molecule has 0 aliphatic rings. The molecule has 0 saturated heterocycles. The first-order chi connectivity index (χ1) is 12.3. The van der Waals surface area contributed by atoms with Gasteiger partial charge in [-0.2, -0.15) is 18.4 Å². The summed E-state index contributed by atoms with van der Waals surface area (Å²) in [5.41, 5.74) is 1.04. The fourth-order valence-corrected chi connectivity index (χ4v) is 3.31. The third kappa shape index (κ3) is 4.19. The molecule has 10 heteroatoms. The lowest BCUT2D eigenvalue weighted by atomic mass is 10.2. The van der Waals surface area contributed by atoms with Gasteiger partial charge in [0, 0.05) is 5.69 Å². The fourth-order valence-electron chi connectivity index (χ4n) is 2.15. The molecule has 0 spiro atoms. The summed E-state index contributed by atoms with van der Waals surface area (Å²) in [6, 6.07) is 9.74. The second kappa shape index (κ2) is 7.15. The lowest BCUT2D eigenvalue weighted by Gasteiger charge is -2.09. The number of halogens is 3. The summed E-state index contributed by atoms with van der Waals surface area (Å²) >= 11 is 6.49. The molecule has 3 rings (SSSR count). The Morgan fingerprint density at radius 1 is 1.19 bits per heavy atom. The van der Waals surface area contributed by atoms with Crippen LogP contribution < -0.4 is 10.6 Å². The van der Waals surface area contributed by atoms with E-state index in [1.807, 2.05) is 12.1 Å². The van der Waals surface area contributed by atoms with Gasteiger partial charge in [0.1, 0.15) is 0 Å². The second-order valence-electron chi connectivity index (χ2n) is 5.09. The van der Waals surface area contributed by atoms with Crippen molar-refractivity contribution in [1.29, 1.82) is 5.26 Å². The molecular formula is C16H10F3N5S2. The average Bonchev–Trinajstić information content (AvgIpc) is 2.94. The lowest BCUT2D eigenvalue weighted by Crippen LogP contribution is -2.26. The number of hydrogen-bond acceptors (Lipinski definition) is 4. The summed E-state index contributed by atoms with van der Waals surface area (Å²) in [6.07, 6.45) is -2.67. The Hall–Kier alpha value is -2.90. The molecule has 132 valence electrons. The normalized spacial score (nSPS) is 12.0. The zero-order valence-electron chi connectivity index (χ0n) is 12.9. The summed E-state index contributed by atoms with van der Waals surface area (Å²) in [5.74, 6) is 0.0886. The van der Waals surface area contributed by atoms with Gasteiger partial charge in [-0.1, -0.05) is 0 Å². The zero-order valence-corrected chi connectivity index (χ0v) is 14.5. The van der Waals surface area contributed by atoms with Crippen LogP contribution in [0.1, 0.15) is 5.56 Å². The van der Waals surface area contributed by atoms with E-state index in [-0.39, 0.29) is 11.6 Å². The smallest absolute Gasteiger partial charge is 0.337 e. The van der Waals surface area contributed by atoms with Crippen molar-refractivity contribution in [1.82, 2.24) is 10.3 Å². The number of nitrogens with one attached hydrogen (secondary N) is 3. The molecule has 0 fully saturated rings. The number of alkyl halides is 3. The molecule has 26 heavy (non-hydrogen) atoms. The number of fused-ring (bicyclic) bond motifs is 1. The first-order valence-electron chi connectivity index (χ1n) is 7.16. The number of guanidine groups is 1. The number of thiazole rings is 1. The second-order valence-corrected chi connectivity index (χ2v) is 6.81. The number of aliphatic imine (C=N–C) groups is 1. The van der Waals surface area contributed by atoms with Crippen molar-refractivity contribution in [2.45, 2.75) is 6.18 Å². The van der Waals surface area contributed by atoms with Crippen LogP contribution >= 0.6 is 23.6 Å². The quantitative estimate of drug-likeness (QED) is 0.185. The minimum Gasteiger partial charge on any atom is -0.337 e. The number of hydrogen-bond donors (Lipinski definition) is 3. The molecule has 0 atom stereocenters. The first-order valence-corrected chi connectivity index (χ1v) is 8.38. The largest absolute Gasteiger partial charge is 0.416 e. The Bertz CT molecular complexity index is 1060. The van der Waals surface area contributed by atoms with Crippen LogP contribution in [0, 0.1) is 15.4 Å². The van der Waals surface area contributed by atoms with Crippen LogP contribution in [0.15, 0.2) is 47.5 Å². The van der Waals surface area contributed by atoms with Crippen molar-refractivity contribution in [3.63, 3.8) is 0 Å². The van der Waals surface area contributed by atoms with Crippen LogP contribution in [-0.4, -0.2) is 10.9 Å². The summed E-state index contributed by atoms with van der Waals surface area (Å²) in [6.45, 7) is 0. The van der Waals surface area contributed by atoms with E-state index in [9.17, 15) is 13.2 Å². The number of aromatic amines is 1. The molecule has 1 aromatic heterocycles. The Kier molecular flexibility index (Phi) is 4.92. The van der Waals surface area contributed by atoms with Gasteiger partial charge in [-0.15, -0.1) is 11.3 Å². The molecule has 5 nitrogen and oxygen atoms in total. The van der Waals surface area contributed by atoms with Crippen LogP contribution in [0.2, 0.25) is 0 Å². The maximum absolute atomic E-state index is 12.6. The predicted octanol–water partition coefficient (Wildman–Crippen LogP) is 5.15. The SMILES string of the molecule is N#CNC(=Nc1ccc(C(F)(F)F)cc1)Nc1ccc2[nH]c(=S)sc2c1. The summed E-state index contributed by atoms with van der Waals surface area (Å²) in [4.78, 5) is 7.17. The molecule has 3 N–H and O–H groups in total. The van der Waals surface area contributed by atoms with E-state index < -0.39 is 11.7 Å². The van der Waals surface area contributed by atoms with E-state index in [1.165, 1.54) is 23.5 Å². The Labute approximate surface area is 154 Å². The van der Waals surface area contributed by atoms with Crippen LogP contribution in [-0.2, 0) is 6.18 Å². The van der Waals surface area contributed by atoms with E-state index in [1.54, 1.807) is 12.3 Å². The van der Waals surface area contributed by atoms with Gasteiger partial charge in [0.2, 0.25) is 5.96 Å². The van der Waals surface area contributed by atoms with Crippen molar-refractivity contribution < 1.29 is 13.2 Å². The van der Waals surface area contributed by atoms with Crippen molar-refractivity contribution in [2.75, 3.05) is 5.32 Å². The van der Waals surface area contributed by atoms with Gasteiger partial charge >= 0.3 is 6.18 Å². The molecule has 0 radical (unpaired) electrons. The summed E-state index contributed by atoms with van der Waals surface area (Å²) in [7, 11) is 0. The minimum absolute atomic E-state index is 0.0886. The Morgan fingerprint density at radius 2 is 1.92 bits per heavy atom. The molecule has 0 aliphatic carbocycles. The number of H-pyrrole nitrogens is 1. The first kappa shape index (κ1) is 17.9. The van der Waals surface area contributed by atoms with Crippen LogP contribution in [0.5, 0.6) is 0 Å². The van der Waals surface area contributed by atoms with E-state index >= 15 is 0 Å². The van der Waals surface area contributed by atoms with Crippen molar-refractivity contribution >= 4 is 51.1 Å². The maximum atomic E-state index is 12.6. The number of aromatic nitrogens is 1. The van der Waals surface area contributed by atoms with E-state index in [2.05, 4.69) is 20.6 Å². The van der Waals surface area contributed by atoms with Crippen LogP contribution in [0.25, 0.3) is 10.2 Å². The summed E-state index contributed by atoms with van der Waals surface area (Å²) < 4.78 is 39.4. The molecular weight excluding hydrogens is 383 g/mol. The Morgan fingerprint density at radius 3 is 2.58 bits per heavy atom. The van der Waals surface area contributed by atoms with Crippen LogP contribution in [0.4, 0.5) is 24.5 Å². The van der Waals surface area contributed by atoms with E-state index in [0.717, 1.165) is 22.3 Å². The van der Waals surface area contributed by atoms with Gasteiger partial charge in [0.25, 0.3) is 0 Å². The van der Waals surface area contributed by atoms with Crippen LogP contribution in [0.3, 0.4) is 0 Å². The number of rotatable bonds is 2. The molecule has 0 saturated carbocycles. The number of benzene rings is 2. The van der Waals surface area contributed by atoms with Gasteiger partial charge in [-0.05, 0) is 54.7 Å². The number of nitriles is 1. The molecule has 1 heterocycles. The molecule has 2 aromatic carbocycles. The van der Waals surface area contributed by atoms with Gasteiger partial charge in [0.05, 0.1) is 21.5 Å². The van der Waals surface area contributed by atoms with Crippen molar-refractivity contribution in [2.24, 2.45) is 4.99 Å². The highest BCUT2D eigenvalue weighted by Crippen LogP contribution is 2.30. The average molecular weight is 393 g/mol. The topological polar surface area (TPSA) is 76.0 Å². The van der Waals surface area contributed by atoms with Gasteiger partial charge in [-0.3, -0.25) is 5.32 Å². The van der Waals surface area contributed by atoms with Crippen molar-refractivity contribution in [3.8, 4) is 6.19 Å². The van der Waals surface area contributed by atoms with Crippen molar-refractivity contribution in [3.05, 3.63) is 52.0 Å². The van der Waals surface area contributed by atoms with E-state index in [4.69, 9.17) is 17.5 Å². The minimum atomic E-state index is -4.41. The summed E-state index contributed by atoms with van der Waals surface area (Å²) in [5, 5.41) is 14.2. The maximum Gasteiger partial charge on any atom is 0.416 e. The highest BCUT2D eigenvalue weighted by Gasteiger charge is 2.29. The Balaban J connectivity index is 1.86. The molecule has 0 amide bonds. The molecule has 0 bridgehead atoms. The zero-order chi connectivity index (χ0) is 18.7. The third-order valence-corrected chi connectivity index (χ3v) is 4.49. The standard InChI is InChI=1S/C16H10F3N5S2/c17-16(18,19)9-1-3-10(4-2-9)22-14(21-8-20)23-11-5-6-12-13(7-11)26-15(25)24-12/h1-7H,(H,24,25)(H2,21,22,23). The molecule has 0 unspecified atom stereocenters. The van der Waals surface area contributed by atoms with Gasteiger partial charge < -0.3 is 10.3 Å². The molecule has 0 aliphatic heterocycles. The highest BCUT2D eigenvalue weighted by molar-refractivity contribution is 7.73. The molecule has 3 aromatic rings. The van der Waals surface area contributed by atoms with Gasteiger partial charge in [-0.25, -0.2) is 4.99 Å². The lowest BCUT2D eigenvalue weighted by molar-refractivity contribution is -0.137. The third-order valence-electron chi connectivity index (χ3n) is 3.29. The fraction of sp³-hybridized carbons (Fsp3) is 0.0625. The monoisotopic (exact) mass is 393 g/mol. The van der Waals surface area contributed by atoms with E-state index in [0.29, 0.717) is 9.64 Å². The number of nitrogens with zero attached hydrogens (tertiary/aromatic N) is 2. The highest BCUT2D eigenvalue weighted by atomic mass is 32.1.